The first-order valence-corrected chi connectivity index (χ1v) is 5.83. The van der Waals surface area contributed by atoms with Gasteiger partial charge in [-0.25, -0.2) is 4.98 Å². The van der Waals surface area contributed by atoms with Crippen molar-refractivity contribution in [3.8, 4) is 11.5 Å². The minimum absolute atomic E-state index is 0.692. The zero-order chi connectivity index (χ0) is 13.0. The summed E-state index contributed by atoms with van der Waals surface area (Å²) in [4.78, 5) is 8.74. The van der Waals surface area contributed by atoms with Gasteiger partial charge in [-0.2, -0.15) is 0 Å². The third-order valence-electron chi connectivity index (χ3n) is 2.40. The van der Waals surface area contributed by atoms with Crippen molar-refractivity contribution in [1.82, 2.24) is 13.9 Å². The van der Waals surface area contributed by atoms with Crippen molar-refractivity contribution >= 4 is 25.0 Å². The van der Waals surface area contributed by atoms with Gasteiger partial charge in [0.25, 0.3) is 0 Å². The fourth-order valence-electron chi connectivity index (χ4n) is 1.57. The first kappa shape index (κ1) is 12.4. The van der Waals surface area contributed by atoms with Gasteiger partial charge in [-0.3, -0.25) is 8.96 Å². The largest absolute Gasteiger partial charge is 0.267 e. The van der Waals surface area contributed by atoms with Crippen molar-refractivity contribution in [3.05, 3.63) is 61.1 Å². The number of hydrogen-bond donors (Lipinski definition) is 1. The van der Waals surface area contributed by atoms with Crippen LogP contribution in [0.25, 0.3) is 23.7 Å². The van der Waals surface area contributed by atoms with E-state index >= 15 is 0 Å². The Bertz CT molecular complexity index is 597. The van der Waals surface area contributed by atoms with Gasteiger partial charge < -0.3 is 0 Å². The average molecular weight is 255 g/mol. The summed E-state index contributed by atoms with van der Waals surface area (Å²) in [6.07, 6.45) is 8.84. The Hall–Kier alpha value is -2.07. The van der Waals surface area contributed by atoms with E-state index in [1.165, 1.54) is 0 Å². The number of thiol groups is 1. The minimum Gasteiger partial charge on any atom is -0.267 e. The molecule has 0 aliphatic carbocycles. The van der Waals surface area contributed by atoms with Crippen LogP contribution < -0.4 is 0 Å². The lowest BCUT2D eigenvalue weighted by molar-refractivity contribution is 1.18. The highest BCUT2D eigenvalue weighted by atomic mass is 32.1. The third-order valence-corrected chi connectivity index (χ3v) is 2.80. The molecule has 2 heterocycles. The number of imidazole rings is 1. The van der Waals surface area contributed by atoms with Crippen LogP contribution in [0.15, 0.2) is 49.7 Å². The quantitative estimate of drug-likeness (QED) is 0.669. The summed E-state index contributed by atoms with van der Waals surface area (Å²) in [7, 11) is 0. The van der Waals surface area contributed by atoms with Crippen LogP contribution in [0.3, 0.4) is 0 Å². The van der Waals surface area contributed by atoms with Crippen LogP contribution in [0.1, 0.15) is 11.4 Å². The molecule has 0 aliphatic heterocycles. The summed E-state index contributed by atoms with van der Waals surface area (Å²) in [6, 6.07) is 5.67. The van der Waals surface area contributed by atoms with Gasteiger partial charge in [-0.1, -0.05) is 44.2 Å². The Morgan fingerprint density at radius 1 is 1.28 bits per heavy atom. The molecule has 0 amide bonds. The highest BCUT2D eigenvalue weighted by Gasteiger charge is 2.13. The minimum atomic E-state index is 0.692. The number of allylic oxidation sites excluding steroid dienone is 2. The van der Waals surface area contributed by atoms with Crippen molar-refractivity contribution in [2.75, 3.05) is 0 Å². The van der Waals surface area contributed by atoms with Gasteiger partial charge in [0.2, 0.25) is 0 Å². The fourth-order valence-corrected chi connectivity index (χ4v) is 1.88. The Balaban J connectivity index is 2.57. The second-order valence-electron chi connectivity index (χ2n) is 3.53. The lowest BCUT2D eigenvalue weighted by atomic mass is 10.3. The van der Waals surface area contributed by atoms with E-state index in [1.807, 2.05) is 30.4 Å². The van der Waals surface area contributed by atoms with Crippen LogP contribution in [0.5, 0.6) is 0 Å². The Morgan fingerprint density at radius 2 is 2.11 bits per heavy atom. The number of aromatic nitrogens is 3. The maximum absolute atomic E-state index is 4.47. The van der Waals surface area contributed by atoms with Crippen LogP contribution in [0.2, 0.25) is 0 Å². The summed E-state index contributed by atoms with van der Waals surface area (Å²) in [5.41, 5.74) is 2.39. The molecule has 2 rings (SSSR count). The predicted octanol–water partition coefficient (Wildman–Crippen LogP) is 3.48. The molecule has 2 aromatic rings. The van der Waals surface area contributed by atoms with Gasteiger partial charge in [-0.15, -0.1) is 0 Å². The predicted molar refractivity (Wildman–Crippen MR) is 79.2 cm³/mol. The molecule has 90 valence electrons. The third kappa shape index (κ3) is 2.28. The smallest absolute Gasteiger partial charge is 0.169 e. The number of rotatable bonds is 4. The zero-order valence-electron chi connectivity index (χ0n) is 9.82. The zero-order valence-corrected chi connectivity index (χ0v) is 10.7. The standard InChI is InChI=1S/C14H13N3S/c1-3-5-9-13-11(4-2)16-14(17(13)18)12-8-6-7-10-15-12/h3-10,18H,1-2H2/b9-5-. The molecule has 0 spiro atoms. The van der Waals surface area contributed by atoms with Gasteiger partial charge in [0.15, 0.2) is 5.82 Å². The molecule has 2 aromatic heterocycles. The topological polar surface area (TPSA) is 30.7 Å². The summed E-state index contributed by atoms with van der Waals surface area (Å²) in [5, 5.41) is 0. The molecule has 3 nitrogen and oxygen atoms in total. The molecular formula is C14H13N3S. The van der Waals surface area contributed by atoms with Gasteiger partial charge in [0, 0.05) is 6.20 Å². The second-order valence-corrected chi connectivity index (χ2v) is 3.93. The summed E-state index contributed by atoms with van der Waals surface area (Å²) in [6.45, 7) is 7.40. The van der Waals surface area contributed by atoms with Crippen LogP contribution in [-0.2, 0) is 0 Å². The van der Waals surface area contributed by atoms with Crippen molar-refractivity contribution in [2.24, 2.45) is 0 Å². The number of pyridine rings is 1. The maximum Gasteiger partial charge on any atom is 0.169 e. The van der Waals surface area contributed by atoms with E-state index in [-0.39, 0.29) is 0 Å². The van der Waals surface area contributed by atoms with Gasteiger partial charge >= 0.3 is 0 Å². The van der Waals surface area contributed by atoms with Crippen LogP contribution >= 0.6 is 12.8 Å². The first-order valence-electron chi connectivity index (χ1n) is 5.43. The van der Waals surface area contributed by atoms with Crippen LogP contribution in [0.4, 0.5) is 0 Å². The first-order chi connectivity index (χ1) is 8.77. The lowest BCUT2D eigenvalue weighted by Crippen LogP contribution is -1.91. The van der Waals surface area contributed by atoms with Crippen LogP contribution in [0, 0.1) is 0 Å². The molecule has 0 radical (unpaired) electrons. The molecule has 4 heteroatoms. The van der Waals surface area contributed by atoms with Gasteiger partial charge in [0.1, 0.15) is 5.69 Å². The highest BCUT2D eigenvalue weighted by Crippen LogP contribution is 2.23. The maximum atomic E-state index is 4.47. The molecule has 0 fully saturated rings. The van der Waals surface area contributed by atoms with E-state index in [2.05, 4.69) is 35.9 Å². The van der Waals surface area contributed by atoms with E-state index in [1.54, 1.807) is 22.3 Å². The Morgan fingerprint density at radius 3 is 2.72 bits per heavy atom. The van der Waals surface area contributed by atoms with Gasteiger partial charge in [0.05, 0.1) is 11.4 Å². The summed E-state index contributed by atoms with van der Waals surface area (Å²) < 4.78 is 1.69. The van der Waals surface area contributed by atoms with E-state index in [4.69, 9.17) is 0 Å². The molecule has 0 bridgehead atoms. The molecule has 0 aromatic carbocycles. The molecule has 0 atom stereocenters. The highest BCUT2D eigenvalue weighted by molar-refractivity contribution is 7.78. The van der Waals surface area contributed by atoms with E-state index in [9.17, 15) is 0 Å². The molecule has 0 aliphatic rings. The van der Waals surface area contributed by atoms with Crippen molar-refractivity contribution in [1.29, 1.82) is 0 Å². The van der Waals surface area contributed by atoms with E-state index in [0.717, 1.165) is 17.1 Å². The van der Waals surface area contributed by atoms with E-state index < -0.39 is 0 Å². The summed E-state index contributed by atoms with van der Waals surface area (Å²) >= 11 is 4.45. The molecule has 18 heavy (non-hydrogen) atoms. The van der Waals surface area contributed by atoms with Crippen molar-refractivity contribution < 1.29 is 0 Å². The summed E-state index contributed by atoms with van der Waals surface area (Å²) in [5.74, 6) is 0.692. The molecule has 0 unspecified atom stereocenters. The number of nitrogens with zero attached hydrogens (tertiary/aromatic N) is 3. The lowest BCUT2D eigenvalue weighted by Gasteiger charge is -2.00. The van der Waals surface area contributed by atoms with Crippen molar-refractivity contribution in [3.63, 3.8) is 0 Å². The molecule has 0 N–H and O–H groups in total. The van der Waals surface area contributed by atoms with Gasteiger partial charge in [-0.05, 0) is 24.3 Å². The van der Waals surface area contributed by atoms with Crippen molar-refractivity contribution in [2.45, 2.75) is 0 Å². The fraction of sp³-hybridized carbons (Fsp3) is 0. The Kier molecular flexibility index (Phi) is 3.79. The molecule has 0 saturated heterocycles. The van der Waals surface area contributed by atoms with E-state index in [0.29, 0.717) is 5.82 Å². The number of hydrogen-bond acceptors (Lipinski definition) is 3. The second kappa shape index (κ2) is 5.51. The molecular weight excluding hydrogens is 242 g/mol. The van der Waals surface area contributed by atoms with Crippen LogP contribution in [-0.4, -0.2) is 13.9 Å². The normalized spacial score (nSPS) is 10.7. The average Bonchev–Trinajstić information content (AvgIpc) is 2.74. The molecule has 0 saturated carbocycles. The Labute approximate surface area is 112 Å². The monoisotopic (exact) mass is 255 g/mol. The SMILES string of the molecule is C=C/C=C\c1c(C=C)nc(-c2ccccn2)n1S.